The Labute approximate surface area is 112 Å². The lowest BCUT2D eigenvalue weighted by Crippen LogP contribution is -2.23. The lowest BCUT2D eigenvalue weighted by molar-refractivity contribution is 0.414. The van der Waals surface area contributed by atoms with Crippen molar-refractivity contribution in [1.82, 2.24) is 0 Å². The SMILES string of the molecule is COc1cc(Br)cc(NC(C)C2CCCC2)c1. The molecule has 17 heavy (non-hydrogen) atoms. The van der Waals surface area contributed by atoms with Crippen LogP contribution in [0.2, 0.25) is 0 Å². The zero-order valence-electron chi connectivity index (χ0n) is 10.5. The van der Waals surface area contributed by atoms with Crippen LogP contribution in [0.5, 0.6) is 5.75 Å². The van der Waals surface area contributed by atoms with Crippen LogP contribution in [-0.2, 0) is 0 Å². The first kappa shape index (κ1) is 12.7. The highest BCUT2D eigenvalue weighted by molar-refractivity contribution is 9.10. The summed E-state index contributed by atoms with van der Waals surface area (Å²) in [5.41, 5.74) is 1.13. The van der Waals surface area contributed by atoms with Gasteiger partial charge in [0.2, 0.25) is 0 Å². The number of anilines is 1. The van der Waals surface area contributed by atoms with Crippen molar-refractivity contribution in [3.05, 3.63) is 22.7 Å². The third-order valence-corrected chi connectivity index (χ3v) is 4.07. The lowest BCUT2D eigenvalue weighted by atomic mass is 9.99. The second kappa shape index (κ2) is 5.76. The van der Waals surface area contributed by atoms with Gasteiger partial charge < -0.3 is 10.1 Å². The second-order valence-corrected chi connectivity index (χ2v) is 5.77. The summed E-state index contributed by atoms with van der Waals surface area (Å²) in [6.45, 7) is 2.28. The summed E-state index contributed by atoms with van der Waals surface area (Å²) in [4.78, 5) is 0. The van der Waals surface area contributed by atoms with Gasteiger partial charge in [-0.25, -0.2) is 0 Å². The first-order chi connectivity index (χ1) is 8.19. The number of hydrogen-bond acceptors (Lipinski definition) is 2. The normalized spacial score (nSPS) is 18.1. The minimum absolute atomic E-state index is 0.538. The van der Waals surface area contributed by atoms with Crippen LogP contribution in [0.25, 0.3) is 0 Å². The lowest BCUT2D eigenvalue weighted by Gasteiger charge is -2.22. The van der Waals surface area contributed by atoms with Crippen molar-refractivity contribution in [3.8, 4) is 5.75 Å². The Morgan fingerprint density at radius 2 is 2.00 bits per heavy atom. The van der Waals surface area contributed by atoms with E-state index in [4.69, 9.17) is 4.74 Å². The largest absolute Gasteiger partial charge is 0.497 e. The minimum atomic E-state index is 0.538. The van der Waals surface area contributed by atoms with Crippen LogP contribution in [0.1, 0.15) is 32.6 Å². The van der Waals surface area contributed by atoms with E-state index < -0.39 is 0 Å². The molecule has 1 aromatic carbocycles. The molecule has 0 aromatic heterocycles. The Bertz CT molecular complexity index is 374. The van der Waals surface area contributed by atoms with Crippen LogP contribution in [0.15, 0.2) is 22.7 Å². The zero-order chi connectivity index (χ0) is 12.3. The van der Waals surface area contributed by atoms with E-state index in [2.05, 4.69) is 40.3 Å². The van der Waals surface area contributed by atoms with E-state index in [0.29, 0.717) is 6.04 Å². The number of hydrogen-bond donors (Lipinski definition) is 1. The summed E-state index contributed by atoms with van der Waals surface area (Å²) in [6.07, 6.45) is 5.50. The van der Waals surface area contributed by atoms with E-state index in [1.54, 1.807) is 7.11 Å². The molecule has 0 radical (unpaired) electrons. The average Bonchev–Trinajstić information content (AvgIpc) is 2.81. The minimum Gasteiger partial charge on any atom is -0.497 e. The Hall–Kier alpha value is -0.700. The summed E-state index contributed by atoms with van der Waals surface area (Å²) in [7, 11) is 1.70. The quantitative estimate of drug-likeness (QED) is 0.886. The third-order valence-electron chi connectivity index (χ3n) is 3.61. The standard InChI is InChI=1S/C14H20BrNO/c1-10(11-5-3-4-6-11)16-13-7-12(15)8-14(9-13)17-2/h7-11,16H,3-6H2,1-2H3. The molecule has 94 valence electrons. The van der Waals surface area contributed by atoms with E-state index in [1.165, 1.54) is 25.7 Å². The number of benzene rings is 1. The summed E-state index contributed by atoms with van der Waals surface area (Å²) >= 11 is 3.51. The van der Waals surface area contributed by atoms with E-state index in [0.717, 1.165) is 21.8 Å². The van der Waals surface area contributed by atoms with Gasteiger partial charge in [-0.15, -0.1) is 0 Å². The van der Waals surface area contributed by atoms with Gasteiger partial charge in [0, 0.05) is 22.3 Å². The molecule has 1 fully saturated rings. The van der Waals surface area contributed by atoms with E-state index >= 15 is 0 Å². The monoisotopic (exact) mass is 297 g/mol. The molecule has 0 heterocycles. The van der Waals surface area contributed by atoms with Crippen molar-refractivity contribution >= 4 is 21.6 Å². The molecule has 1 N–H and O–H groups in total. The molecule has 3 heteroatoms. The Morgan fingerprint density at radius 3 is 2.65 bits per heavy atom. The maximum atomic E-state index is 5.27. The highest BCUT2D eigenvalue weighted by atomic mass is 79.9. The fourth-order valence-corrected chi connectivity index (χ4v) is 3.07. The maximum absolute atomic E-state index is 5.27. The number of halogens is 1. The van der Waals surface area contributed by atoms with Crippen LogP contribution < -0.4 is 10.1 Å². The number of rotatable bonds is 4. The van der Waals surface area contributed by atoms with Crippen LogP contribution in [-0.4, -0.2) is 13.2 Å². The second-order valence-electron chi connectivity index (χ2n) is 4.86. The van der Waals surface area contributed by atoms with Crippen molar-refractivity contribution in [3.63, 3.8) is 0 Å². The molecule has 1 saturated carbocycles. The third kappa shape index (κ3) is 3.38. The van der Waals surface area contributed by atoms with Gasteiger partial charge >= 0.3 is 0 Å². The molecular formula is C14H20BrNO. The summed E-state index contributed by atoms with van der Waals surface area (Å²) in [5.74, 6) is 1.71. The fraction of sp³-hybridized carbons (Fsp3) is 0.571. The van der Waals surface area contributed by atoms with Gasteiger partial charge in [-0.2, -0.15) is 0 Å². The Balaban J connectivity index is 2.04. The number of ether oxygens (including phenoxy) is 1. The predicted octanol–water partition coefficient (Wildman–Crippen LogP) is 4.45. The van der Waals surface area contributed by atoms with Crippen molar-refractivity contribution in [1.29, 1.82) is 0 Å². The van der Waals surface area contributed by atoms with Gasteiger partial charge in [-0.3, -0.25) is 0 Å². The van der Waals surface area contributed by atoms with Crippen LogP contribution in [0.4, 0.5) is 5.69 Å². The Kier molecular flexibility index (Phi) is 4.32. The van der Waals surface area contributed by atoms with Gasteiger partial charge in [0.15, 0.2) is 0 Å². The van der Waals surface area contributed by atoms with Gasteiger partial charge in [-0.1, -0.05) is 28.8 Å². The molecule has 1 aliphatic carbocycles. The van der Waals surface area contributed by atoms with Crippen molar-refractivity contribution in [2.24, 2.45) is 5.92 Å². The first-order valence-electron chi connectivity index (χ1n) is 6.30. The molecule has 0 bridgehead atoms. The van der Waals surface area contributed by atoms with E-state index in [1.807, 2.05) is 6.07 Å². The smallest absolute Gasteiger partial charge is 0.122 e. The molecular weight excluding hydrogens is 278 g/mol. The molecule has 0 saturated heterocycles. The van der Waals surface area contributed by atoms with Crippen molar-refractivity contribution in [2.75, 3.05) is 12.4 Å². The number of nitrogens with one attached hydrogen (secondary N) is 1. The van der Waals surface area contributed by atoms with Crippen LogP contribution in [0, 0.1) is 5.92 Å². The summed E-state index contributed by atoms with van der Waals surface area (Å²) in [5, 5.41) is 3.59. The molecule has 0 aliphatic heterocycles. The zero-order valence-corrected chi connectivity index (χ0v) is 12.1. The molecule has 2 rings (SSSR count). The van der Waals surface area contributed by atoms with Crippen LogP contribution in [0.3, 0.4) is 0 Å². The van der Waals surface area contributed by atoms with Crippen molar-refractivity contribution in [2.45, 2.75) is 38.6 Å². The molecule has 1 aromatic rings. The molecule has 1 atom stereocenters. The predicted molar refractivity (Wildman–Crippen MR) is 75.7 cm³/mol. The highest BCUT2D eigenvalue weighted by Crippen LogP contribution is 2.31. The fourth-order valence-electron chi connectivity index (χ4n) is 2.60. The van der Waals surface area contributed by atoms with E-state index in [9.17, 15) is 0 Å². The molecule has 0 spiro atoms. The molecule has 1 aliphatic rings. The van der Waals surface area contributed by atoms with Gasteiger partial charge in [0.05, 0.1) is 7.11 Å². The van der Waals surface area contributed by atoms with Crippen LogP contribution >= 0.6 is 15.9 Å². The Morgan fingerprint density at radius 1 is 1.29 bits per heavy atom. The molecule has 1 unspecified atom stereocenters. The first-order valence-corrected chi connectivity index (χ1v) is 7.09. The molecule has 2 nitrogen and oxygen atoms in total. The van der Waals surface area contributed by atoms with Crippen molar-refractivity contribution < 1.29 is 4.74 Å². The highest BCUT2D eigenvalue weighted by Gasteiger charge is 2.21. The summed E-state index contributed by atoms with van der Waals surface area (Å²) < 4.78 is 6.33. The average molecular weight is 298 g/mol. The summed E-state index contributed by atoms with van der Waals surface area (Å²) in [6, 6.07) is 6.67. The van der Waals surface area contributed by atoms with Gasteiger partial charge in [0.1, 0.15) is 5.75 Å². The number of methoxy groups -OCH3 is 1. The van der Waals surface area contributed by atoms with Gasteiger partial charge in [-0.05, 0) is 37.8 Å². The topological polar surface area (TPSA) is 21.3 Å². The van der Waals surface area contributed by atoms with E-state index in [-0.39, 0.29) is 0 Å². The maximum Gasteiger partial charge on any atom is 0.122 e. The van der Waals surface area contributed by atoms with Gasteiger partial charge in [0.25, 0.3) is 0 Å². The molecule has 0 amide bonds.